The Bertz CT molecular complexity index is 1190. The summed E-state index contributed by atoms with van der Waals surface area (Å²) in [5, 5.41) is 8.86. The first kappa shape index (κ1) is 21.6. The SMILES string of the molecule is CN=C(NCc1ccc(S(C)(=O)=O)c(C)c1)NCc1ccc2cc(OC)ccc2c1. The Morgan fingerprint density at radius 2 is 1.53 bits per heavy atom. The Kier molecular flexibility index (Phi) is 6.62. The first-order valence-corrected chi connectivity index (χ1v) is 11.5. The van der Waals surface area contributed by atoms with Gasteiger partial charge in [-0.15, -0.1) is 0 Å². The fourth-order valence-electron chi connectivity index (χ4n) is 3.34. The van der Waals surface area contributed by atoms with Crippen molar-refractivity contribution in [1.29, 1.82) is 0 Å². The second kappa shape index (κ2) is 9.17. The predicted octanol–water partition coefficient (Wildman–Crippen LogP) is 3.43. The van der Waals surface area contributed by atoms with Gasteiger partial charge in [-0.1, -0.05) is 30.3 Å². The van der Waals surface area contributed by atoms with E-state index >= 15 is 0 Å². The molecule has 0 bridgehead atoms. The lowest BCUT2D eigenvalue weighted by Gasteiger charge is -2.13. The third kappa shape index (κ3) is 5.30. The molecule has 0 amide bonds. The van der Waals surface area contributed by atoms with Crippen LogP contribution in [0.2, 0.25) is 0 Å². The van der Waals surface area contributed by atoms with Crippen LogP contribution < -0.4 is 15.4 Å². The number of methoxy groups -OCH3 is 1. The number of guanidine groups is 1. The van der Waals surface area contributed by atoms with Gasteiger partial charge in [0, 0.05) is 26.4 Å². The highest BCUT2D eigenvalue weighted by molar-refractivity contribution is 7.90. The molecule has 3 rings (SSSR count). The van der Waals surface area contributed by atoms with Crippen LogP contribution in [0, 0.1) is 6.92 Å². The molecule has 0 aliphatic carbocycles. The molecule has 30 heavy (non-hydrogen) atoms. The van der Waals surface area contributed by atoms with Gasteiger partial charge in [-0.05, 0) is 58.7 Å². The second-order valence-electron chi connectivity index (χ2n) is 7.20. The van der Waals surface area contributed by atoms with Gasteiger partial charge in [-0.2, -0.15) is 0 Å². The van der Waals surface area contributed by atoms with Crippen molar-refractivity contribution in [2.45, 2.75) is 24.9 Å². The zero-order chi connectivity index (χ0) is 21.7. The highest BCUT2D eigenvalue weighted by atomic mass is 32.2. The van der Waals surface area contributed by atoms with E-state index < -0.39 is 9.84 Å². The van der Waals surface area contributed by atoms with E-state index in [-0.39, 0.29) is 0 Å². The molecule has 0 aliphatic heterocycles. The van der Waals surface area contributed by atoms with E-state index in [0.717, 1.165) is 33.2 Å². The number of sulfone groups is 1. The number of nitrogens with zero attached hydrogens (tertiary/aromatic N) is 1. The molecule has 0 saturated carbocycles. The number of hydrogen-bond acceptors (Lipinski definition) is 4. The molecule has 0 saturated heterocycles. The van der Waals surface area contributed by atoms with Gasteiger partial charge in [0.05, 0.1) is 12.0 Å². The molecule has 0 aromatic heterocycles. The van der Waals surface area contributed by atoms with Crippen LogP contribution in [-0.4, -0.2) is 34.8 Å². The molecule has 0 spiro atoms. The van der Waals surface area contributed by atoms with Gasteiger partial charge in [-0.3, -0.25) is 4.99 Å². The number of benzene rings is 3. The van der Waals surface area contributed by atoms with E-state index in [1.807, 2.05) is 37.3 Å². The Morgan fingerprint density at radius 1 is 0.933 bits per heavy atom. The Balaban J connectivity index is 1.61. The van der Waals surface area contributed by atoms with Crippen molar-refractivity contribution in [3.8, 4) is 5.75 Å². The molecule has 0 unspecified atom stereocenters. The van der Waals surface area contributed by atoms with Gasteiger partial charge >= 0.3 is 0 Å². The Hall–Kier alpha value is -3.06. The zero-order valence-electron chi connectivity index (χ0n) is 17.7. The van der Waals surface area contributed by atoms with Crippen LogP contribution in [0.5, 0.6) is 5.75 Å². The summed E-state index contributed by atoms with van der Waals surface area (Å²) in [6.07, 6.45) is 1.22. The lowest BCUT2D eigenvalue weighted by atomic mass is 10.1. The van der Waals surface area contributed by atoms with E-state index in [1.165, 1.54) is 6.26 Å². The lowest BCUT2D eigenvalue weighted by molar-refractivity contribution is 0.415. The Labute approximate surface area is 177 Å². The predicted molar refractivity (Wildman–Crippen MR) is 122 cm³/mol. The molecular weight excluding hydrogens is 398 g/mol. The summed E-state index contributed by atoms with van der Waals surface area (Å²) < 4.78 is 28.8. The second-order valence-corrected chi connectivity index (χ2v) is 9.18. The smallest absolute Gasteiger partial charge is 0.191 e. The van der Waals surface area contributed by atoms with Crippen molar-refractivity contribution in [3.63, 3.8) is 0 Å². The van der Waals surface area contributed by atoms with E-state index in [9.17, 15) is 8.42 Å². The topological polar surface area (TPSA) is 79.8 Å². The maximum absolute atomic E-state index is 11.8. The Morgan fingerprint density at radius 3 is 2.13 bits per heavy atom. The molecule has 3 aromatic carbocycles. The third-order valence-corrected chi connectivity index (χ3v) is 6.15. The molecule has 0 heterocycles. The molecule has 0 aliphatic rings. The average molecular weight is 426 g/mol. The van der Waals surface area contributed by atoms with E-state index in [4.69, 9.17) is 4.74 Å². The van der Waals surface area contributed by atoms with Crippen LogP contribution >= 0.6 is 0 Å². The van der Waals surface area contributed by atoms with Crippen molar-refractivity contribution < 1.29 is 13.2 Å². The summed E-state index contributed by atoms with van der Waals surface area (Å²) in [5.41, 5.74) is 2.87. The zero-order valence-corrected chi connectivity index (χ0v) is 18.5. The number of hydrogen-bond donors (Lipinski definition) is 2. The minimum absolute atomic E-state index is 0.364. The van der Waals surface area contributed by atoms with Crippen molar-refractivity contribution in [2.24, 2.45) is 4.99 Å². The number of rotatable bonds is 6. The first-order chi connectivity index (χ1) is 14.3. The van der Waals surface area contributed by atoms with Crippen molar-refractivity contribution >= 4 is 26.6 Å². The van der Waals surface area contributed by atoms with Gasteiger partial charge in [0.15, 0.2) is 15.8 Å². The minimum atomic E-state index is -3.21. The number of nitrogens with one attached hydrogen (secondary N) is 2. The normalized spacial score (nSPS) is 12.1. The molecule has 7 heteroatoms. The van der Waals surface area contributed by atoms with Gasteiger partial charge in [0.1, 0.15) is 5.75 Å². The third-order valence-electron chi connectivity index (χ3n) is 4.89. The average Bonchev–Trinajstić information content (AvgIpc) is 2.72. The summed E-state index contributed by atoms with van der Waals surface area (Å²) in [7, 11) is 0.180. The van der Waals surface area contributed by atoms with Crippen LogP contribution in [-0.2, 0) is 22.9 Å². The van der Waals surface area contributed by atoms with Gasteiger partial charge in [0.25, 0.3) is 0 Å². The van der Waals surface area contributed by atoms with Crippen LogP contribution in [0.25, 0.3) is 10.8 Å². The van der Waals surface area contributed by atoms with Gasteiger partial charge < -0.3 is 15.4 Å². The number of ether oxygens (including phenoxy) is 1. The summed E-state index contributed by atoms with van der Waals surface area (Å²) in [5.74, 6) is 1.52. The largest absolute Gasteiger partial charge is 0.497 e. The van der Waals surface area contributed by atoms with Crippen molar-refractivity contribution in [1.82, 2.24) is 10.6 Å². The molecule has 0 atom stereocenters. The highest BCUT2D eigenvalue weighted by Crippen LogP contribution is 2.22. The fourth-order valence-corrected chi connectivity index (χ4v) is 4.30. The molecule has 0 fully saturated rings. The van der Waals surface area contributed by atoms with Crippen molar-refractivity contribution in [3.05, 3.63) is 71.3 Å². The van der Waals surface area contributed by atoms with E-state index in [2.05, 4.69) is 33.8 Å². The van der Waals surface area contributed by atoms with Crippen molar-refractivity contribution in [2.75, 3.05) is 20.4 Å². The number of aliphatic imine (C=N–C) groups is 1. The van der Waals surface area contributed by atoms with Crippen LogP contribution in [0.15, 0.2) is 64.5 Å². The molecule has 158 valence electrons. The summed E-state index contributed by atoms with van der Waals surface area (Å²) in [6.45, 7) is 2.98. The van der Waals surface area contributed by atoms with Gasteiger partial charge in [-0.25, -0.2) is 8.42 Å². The molecule has 0 radical (unpaired) electrons. The van der Waals surface area contributed by atoms with E-state index in [0.29, 0.717) is 23.9 Å². The standard InChI is InChI=1S/C23H27N3O3S/c1-16-11-17(6-10-22(16)30(4,27)28)14-25-23(24-2)26-15-18-5-7-20-13-21(29-3)9-8-19(20)12-18/h5-13H,14-15H2,1-4H3,(H2,24,25,26). The summed E-state index contributed by atoms with van der Waals surface area (Å²) in [4.78, 5) is 4.63. The monoisotopic (exact) mass is 425 g/mol. The maximum atomic E-state index is 11.8. The van der Waals surface area contributed by atoms with E-state index in [1.54, 1.807) is 20.2 Å². The molecule has 3 aromatic rings. The van der Waals surface area contributed by atoms with Crippen LogP contribution in [0.1, 0.15) is 16.7 Å². The van der Waals surface area contributed by atoms with Gasteiger partial charge in [0.2, 0.25) is 0 Å². The maximum Gasteiger partial charge on any atom is 0.191 e. The van der Waals surface area contributed by atoms with Crippen LogP contribution in [0.4, 0.5) is 0 Å². The number of fused-ring (bicyclic) bond motifs is 1. The van der Waals surface area contributed by atoms with Crippen LogP contribution in [0.3, 0.4) is 0 Å². The molecule has 2 N–H and O–H groups in total. The summed E-state index contributed by atoms with van der Waals surface area (Å²) >= 11 is 0. The highest BCUT2D eigenvalue weighted by Gasteiger charge is 2.11. The summed E-state index contributed by atoms with van der Waals surface area (Å²) in [6, 6.07) is 17.7. The quantitative estimate of drug-likeness (QED) is 0.467. The lowest BCUT2D eigenvalue weighted by Crippen LogP contribution is -2.36. The first-order valence-electron chi connectivity index (χ1n) is 9.61. The molecular formula is C23H27N3O3S. The minimum Gasteiger partial charge on any atom is -0.497 e. The molecule has 6 nitrogen and oxygen atoms in total. The fraction of sp³-hybridized carbons (Fsp3) is 0.261. The number of aryl methyl sites for hydroxylation is 1.